The highest BCUT2D eigenvalue weighted by atomic mass is 32.1. The Morgan fingerprint density at radius 3 is 2.32 bits per heavy atom. The molecule has 0 aliphatic heterocycles. The number of carbonyl (C=O) groups excluding carboxylic acids is 3. The fraction of sp³-hybridized carbons (Fsp3) is 0.222. The normalized spacial score (nSPS) is 9.68. The first-order valence-electron chi connectivity index (χ1n) is 4.81. The van der Waals surface area contributed by atoms with E-state index in [0.29, 0.717) is 5.01 Å². The van der Waals surface area contributed by atoms with Crippen molar-refractivity contribution in [1.82, 2.24) is 5.43 Å². The number of anilines is 1. The Labute approximate surface area is 112 Å². The minimum Gasteiger partial charge on any atom is -0.465 e. The summed E-state index contributed by atoms with van der Waals surface area (Å²) in [6, 6.07) is -0.862. The van der Waals surface area contributed by atoms with Crippen LogP contribution in [0, 0.1) is 0 Å². The molecule has 104 valence electrons. The molecule has 2 amide bonds. The van der Waals surface area contributed by atoms with Gasteiger partial charge in [0, 0.05) is 5.38 Å². The lowest BCUT2D eigenvalue weighted by molar-refractivity contribution is 0.0560. The Hall–Kier alpha value is -2.17. The van der Waals surface area contributed by atoms with E-state index in [2.05, 4.69) is 9.47 Å². The lowest BCUT2D eigenvalue weighted by Gasteiger charge is -2.15. The zero-order valence-corrected chi connectivity index (χ0v) is 10.9. The number of esters is 2. The molecule has 0 saturated carbocycles. The van der Waals surface area contributed by atoms with Gasteiger partial charge in [-0.1, -0.05) is 0 Å². The number of nitrogens with zero attached hydrogens (tertiary/aromatic N) is 1. The molecule has 0 aliphatic carbocycles. The average Bonchev–Trinajstić information content (AvgIpc) is 2.88. The quantitative estimate of drug-likeness (QED) is 0.297. The van der Waals surface area contributed by atoms with Crippen LogP contribution in [0.5, 0.6) is 0 Å². The number of nitrogens with two attached hydrogens (primary N) is 2. The maximum atomic E-state index is 11.7. The van der Waals surface area contributed by atoms with E-state index >= 15 is 0 Å². The zero-order valence-electron chi connectivity index (χ0n) is 10.1. The zero-order chi connectivity index (χ0) is 14.6. The van der Waals surface area contributed by atoms with E-state index in [4.69, 9.17) is 11.7 Å². The molecule has 10 heteroatoms. The van der Waals surface area contributed by atoms with Gasteiger partial charge in [-0.2, -0.15) is 0 Å². The van der Waals surface area contributed by atoms with Gasteiger partial charge in [-0.05, 0) is 0 Å². The molecule has 5 N–H and O–H groups in total. The number of ether oxygens (including phenoxy) is 2. The molecule has 1 rings (SSSR count). The summed E-state index contributed by atoms with van der Waals surface area (Å²) < 4.78 is 9.08. The summed E-state index contributed by atoms with van der Waals surface area (Å²) in [4.78, 5) is 34.5. The monoisotopic (exact) mass is 288 g/mol. The second-order valence-electron chi connectivity index (χ2n) is 3.13. The second-order valence-corrected chi connectivity index (χ2v) is 4.01. The van der Waals surface area contributed by atoms with Gasteiger partial charge in [0.15, 0.2) is 0 Å². The Kier molecular flexibility index (Phi) is 4.80. The molecule has 0 bridgehead atoms. The Bertz CT molecular complexity index is 515. The molecule has 1 aromatic rings. The van der Waals surface area contributed by atoms with Crippen molar-refractivity contribution >= 4 is 35.0 Å². The summed E-state index contributed by atoms with van der Waals surface area (Å²) in [5, 5.41) is 1.93. The third-order valence-corrected chi connectivity index (χ3v) is 3.08. The molecule has 9 nitrogen and oxygen atoms in total. The van der Waals surface area contributed by atoms with Crippen molar-refractivity contribution in [3.63, 3.8) is 0 Å². The summed E-state index contributed by atoms with van der Waals surface area (Å²) in [6.45, 7) is 0. The van der Waals surface area contributed by atoms with Crippen molar-refractivity contribution in [2.45, 2.75) is 0 Å². The van der Waals surface area contributed by atoms with E-state index < -0.39 is 18.0 Å². The van der Waals surface area contributed by atoms with Gasteiger partial charge in [-0.25, -0.2) is 31.1 Å². The number of amides is 2. The lowest BCUT2D eigenvalue weighted by Crippen LogP contribution is -2.48. The summed E-state index contributed by atoms with van der Waals surface area (Å²) >= 11 is 0.891. The van der Waals surface area contributed by atoms with Crippen LogP contribution in [0.1, 0.15) is 20.0 Å². The number of hydrogen-bond donors (Lipinski definition) is 3. The molecule has 0 radical (unpaired) electrons. The molecule has 0 fully saturated rings. The van der Waals surface area contributed by atoms with Crippen LogP contribution in [0.15, 0.2) is 5.38 Å². The van der Waals surface area contributed by atoms with Gasteiger partial charge in [-0.3, -0.25) is 5.43 Å². The number of urea groups is 1. The molecule has 0 aliphatic rings. The maximum absolute atomic E-state index is 11.7. The predicted molar refractivity (Wildman–Crippen MR) is 66.4 cm³/mol. The number of rotatable bonds is 3. The van der Waals surface area contributed by atoms with Crippen molar-refractivity contribution in [3.8, 4) is 0 Å². The van der Waals surface area contributed by atoms with Crippen LogP contribution in [0.4, 0.5) is 10.5 Å². The average molecular weight is 288 g/mol. The van der Waals surface area contributed by atoms with E-state index in [1.54, 1.807) is 5.43 Å². The van der Waals surface area contributed by atoms with E-state index in [1.807, 2.05) is 0 Å². The van der Waals surface area contributed by atoms with E-state index in [9.17, 15) is 14.4 Å². The maximum Gasteiger partial charge on any atom is 0.350 e. The third-order valence-electron chi connectivity index (χ3n) is 2.13. The Morgan fingerprint density at radius 1 is 1.26 bits per heavy atom. The van der Waals surface area contributed by atoms with Crippen LogP contribution in [0.2, 0.25) is 0 Å². The van der Waals surface area contributed by atoms with Crippen LogP contribution in [-0.2, 0) is 9.47 Å². The summed E-state index contributed by atoms with van der Waals surface area (Å²) in [5.41, 5.74) is 1.62. The summed E-state index contributed by atoms with van der Waals surface area (Å²) in [6.07, 6.45) is 0. The number of hydrazine groups is 2. The highest BCUT2D eigenvalue weighted by Gasteiger charge is 2.28. The fourth-order valence-electron chi connectivity index (χ4n) is 1.25. The molecule has 19 heavy (non-hydrogen) atoms. The van der Waals surface area contributed by atoms with E-state index in [1.165, 1.54) is 5.38 Å². The molecular formula is C9H12N4O5S. The summed E-state index contributed by atoms with van der Waals surface area (Å²) in [7, 11) is 2.30. The van der Waals surface area contributed by atoms with Crippen LogP contribution in [0.25, 0.3) is 0 Å². The van der Waals surface area contributed by atoms with Gasteiger partial charge in [0.25, 0.3) is 0 Å². The molecule has 0 unspecified atom stereocenters. The molecule has 0 spiro atoms. The highest BCUT2D eigenvalue weighted by molar-refractivity contribution is 7.13. The van der Waals surface area contributed by atoms with Gasteiger partial charge < -0.3 is 9.47 Å². The number of thiophene rings is 1. The lowest BCUT2D eigenvalue weighted by atomic mass is 10.2. The first-order chi connectivity index (χ1) is 8.97. The smallest absolute Gasteiger partial charge is 0.350 e. The van der Waals surface area contributed by atoms with Gasteiger partial charge >= 0.3 is 18.0 Å². The van der Waals surface area contributed by atoms with Crippen LogP contribution >= 0.6 is 11.3 Å². The molecule has 0 aromatic carbocycles. The predicted octanol–water partition coefficient (Wildman–Crippen LogP) is -0.415. The summed E-state index contributed by atoms with van der Waals surface area (Å²) in [5.74, 6) is 8.86. The SMILES string of the molecule is COC(=O)c1scc(N(N)C(=O)NN)c1C(=O)OC. The number of methoxy groups -OCH3 is 2. The van der Waals surface area contributed by atoms with Crippen molar-refractivity contribution in [2.24, 2.45) is 11.7 Å². The minimum atomic E-state index is -0.862. The van der Waals surface area contributed by atoms with Crippen LogP contribution in [-0.4, -0.2) is 32.2 Å². The van der Waals surface area contributed by atoms with Crippen LogP contribution in [0.3, 0.4) is 0 Å². The molecule has 1 heterocycles. The molecule has 1 aromatic heterocycles. The minimum absolute atomic E-state index is 0.0137. The Morgan fingerprint density at radius 2 is 1.84 bits per heavy atom. The molecule has 0 atom stereocenters. The van der Waals surface area contributed by atoms with Gasteiger partial charge in [0.2, 0.25) is 0 Å². The van der Waals surface area contributed by atoms with Crippen LogP contribution < -0.4 is 22.1 Å². The topological polar surface area (TPSA) is 137 Å². The van der Waals surface area contributed by atoms with E-state index in [0.717, 1.165) is 25.6 Å². The van der Waals surface area contributed by atoms with Crippen molar-refractivity contribution < 1.29 is 23.9 Å². The first-order valence-corrected chi connectivity index (χ1v) is 5.69. The largest absolute Gasteiger partial charge is 0.465 e. The fourth-order valence-corrected chi connectivity index (χ4v) is 2.19. The molecule has 0 saturated heterocycles. The second kappa shape index (κ2) is 6.13. The van der Waals surface area contributed by atoms with Gasteiger partial charge in [0.05, 0.1) is 19.9 Å². The highest BCUT2D eigenvalue weighted by Crippen LogP contribution is 2.30. The van der Waals surface area contributed by atoms with Crippen molar-refractivity contribution in [1.29, 1.82) is 0 Å². The van der Waals surface area contributed by atoms with Gasteiger partial charge in [-0.15, -0.1) is 11.3 Å². The molecular weight excluding hydrogens is 276 g/mol. The number of carbonyl (C=O) groups is 3. The van der Waals surface area contributed by atoms with Gasteiger partial charge in [0.1, 0.15) is 10.4 Å². The first kappa shape index (κ1) is 14.9. The number of nitrogens with one attached hydrogen (secondary N) is 1. The Balaban J connectivity index is 3.33. The van der Waals surface area contributed by atoms with E-state index in [-0.39, 0.29) is 16.1 Å². The third kappa shape index (κ3) is 2.81. The number of hydrogen-bond acceptors (Lipinski definition) is 8. The van der Waals surface area contributed by atoms with Crippen molar-refractivity contribution in [3.05, 3.63) is 15.8 Å². The van der Waals surface area contributed by atoms with Crippen molar-refractivity contribution in [2.75, 3.05) is 19.2 Å². The standard InChI is InChI=1S/C9H12N4O5S/c1-17-7(14)5-4(13(11)9(16)12-10)3-19-6(5)8(15)18-2/h3H,10-11H2,1-2H3,(H,12,16).